The van der Waals surface area contributed by atoms with Crippen LogP contribution in [0.4, 0.5) is 27.7 Å². The molecule has 202 valence electrons. The average molecular weight is 526 g/mol. The van der Waals surface area contributed by atoms with Crippen molar-refractivity contribution >= 4 is 45.7 Å². The first kappa shape index (κ1) is 26.2. The number of anilines is 4. The SMILES string of the molecule is CNC(=O)n1ccc2cc(N(C)c3ccnc(NC(=O)c4ccc(N5C[C@@H](C)N(C)[C@@H](C)C5)cc4)c3)ccc21. The van der Waals surface area contributed by atoms with Gasteiger partial charge >= 0.3 is 6.03 Å². The monoisotopic (exact) mass is 525 g/mol. The Hall–Kier alpha value is -4.37. The highest BCUT2D eigenvalue weighted by molar-refractivity contribution is 6.04. The Bertz CT molecular complexity index is 1480. The van der Waals surface area contributed by atoms with Crippen LogP contribution in [0.15, 0.2) is 73.1 Å². The van der Waals surface area contributed by atoms with Gasteiger partial charge in [-0.05, 0) is 75.5 Å². The second kappa shape index (κ2) is 10.8. The van der Waals surface area contributed by atoms with E-state index < -0.39 is 0 Å². The Morgan fingerprint density at radius 3 is 2.33 bits per heavy atom. The Morgan fingerprint density at radius 1 is 0.949 bits per heavy atom. The largest absolute Gasteiger partial charge is 0.368 e. The number of hydrogen-bond acceptors (Lipinski definition) is 6. The van der Waals surface area contributed by atoms with Crippen molar-refractivity contribution in [1.82, 2.24) is 19.8 Å². The minimum Gasteiger partial charge on any atom is -0.368 e. The molecule has 4 aromatic rings. The number of aromatic nitrogens is 2. The Kier molecular flexibility index (Phi) is 7.26. The molecule has 9 nitrogen and oxygen atoms in total. The summed E-state index contributed by atoms with van der Waals surface area (Å²) in [4.78, 5) is 36.2. The van der Waals surface area contributed by atoms with Crippen molar-refractivity contribution in [2.75, 3.05) is 49.3 Å². The summed E-state index contributed by atoms with van der Waals surface area (Å²) >= 11 is 0. The fraction of sp³-hybridized carbons (Fsp3) is 0.300. The van der Waals surface area contributed by atoms with Crippen molar-refractivity contribution in [3.05, 3.63) is 78.6 Å². The lowest BCUT2D eigenvalue weighted by Crippen LogP contribution is -2.55. The third-order valence-electron chi connectivity index (χ3n) is 7.72. The lowest BCUT2D eigenvalue weighted by molar-refractivity contribution is 0.102. The highest BCUT2D eigenvalue weighted by Crippen LogP contribution is 2.29. The van der Waals surface area contributed by atoms with Gasteiger partial charge in [0.15, 0.2) is 0 Å². The molecule has 1 aliphatic rings. The van der Waals surface area contributed by atoms with E-state index in [9.17, 15) is 9.59 Å². The highest BCUT2D eigenvalue weighted by Gasteiger charge is 2.26. The fourth-order valence-electron chi connectivity index (χ4n) is 5.11. The van der Waals surface area contributed by atoms with E-state index >= 15 is 0 Å². The van der Waals surface area contributed by atoms with Crippen molar-refractivity contribution in [3.8, 4) is 0 Å². The standard InChI is InChI=1S/C30H35N7O2/c1-20-18-36(19-21(2)34(20)4)24-8-6-22(7-9-24)29(38)33-28-17-26(12-14-32-28)35(5)25-10-11-27-23(16-25)13-15-37(27)30(39)31-3/h6-17,20-21H,18-19H2,1-5H3,(H,31,39)(H,32,33,38)/t20-,21+. The number of likely N-dealkylation sites (N-methyl/N-ethyl adjacent to an activating group) is 1. The summed E-state index contributed by atoms with van der Waals surface area (Å²) in [5.74, 6) is 0.271. The molecule has 0 aliphatic carbocycles. The van der Waals surface area contributed by atoms with Crippen LogP contribution in [0.3, 0.4) is 0 Å². The van der Waals surface area contributed by atoms with E-state index in [4.69, 9.17) is 0 Å². The molecule has 2 aromatic carbocycles. The minimum absolute atomic E-state index is 0.182. The van der Waals surface area contributed by atoms with E-state index in [0.717, 1.165) is 41.1 Å². The first-order valence-electron chi connectivity index (χ1n) is 13.2. The lowest BCUT2D eigenvalue weighted by Gasteiger charge is -2.43. The van der Waals surface area contributed by atoms with Crippen LogP contribution < -0.4 is 20.4 Å². The van der Waals surface area contributed by atoms with E-state index in [0.29, 0.717) is 23.5 Å². The van der Waals surface area contributed by atoms with Gasteiger partial charge in [0.1, 0.15) is 5.82 Å². The van der Waals surface area contributed by atoms with Gasteiger partial charge in [0, 0.05) is 85.7 Å². The number of pyridine rings is 1. The van der Waals surface area contributed by atoms with Gasteiger partial charge in [-0.3, -0.25) is 14.3 Å². The Morgan fingerprint density at radius 2 is 1.64 bits per heavy atom. The molecule has 1 fully saturated rings. The van der Waals surface area contributed by atoms with Crippen LogP contribution in [0.2, 0.25) is 0 Å². The molecule has 5 rings (SSSR count). The number of fused-ring (bicyclic) bond motifs is 1. The highest BCUT2D eigenvalue weighted by atomic mass is 16.2. The maximum Gasteiger partial charge on any atom is 0.325 e. The quantitative estimate of drug-likeness (QED) is 0.390. The zero-order valence-electron chi connectivity index (χ0n) is 23.0. The van der Waals surface area contributed by atoms with E-state index in [1.165, 1.54) is 0 Å². The van der Waals surface area contributed by atoms with Crippen LogP contribution in [0.5, 0.6) is 0 Å². The molecule has 0 unspecified atom stereocenters. The second-order valence-corrected chi connectivity index (χ2v) is 10.2. The maximum atomic E-state index is 13.0. The lowest BCUT2D eigenvalue weighted by atomic mass is 10.1. The average Bonchev–Trinajstić information content (AvgIpc) is 3.38. The van der Waals surface area contributed by atoms with Crippen molar-refractivity contribution in [2.24, 2.45) is 0 Å². The van der Waals surface area contributed by atoms with Gasteiger partial charge in [0.05, 0.1) is 5.52 Å². The van der Waals surface area contributed by atoms with Crippen molar-refractivity contribution in [2.45, 2.75) is 25.9 Å². The topological polar surface area (TPSA) is 85.7 Å². The summed E-state index contributed by atoms with van der Waals surface area (Å²) in [6, 6.07) is 20.1. The molecule has 1 saturated heterocycles. The molecule has 2 N–H and O–H groups in total. The van der Waals surface area contributed by atoms with Crippen LogP contribution in [-0.4, -0.2) is 72.7 Å². The summed E-state index contributed by atoms with van der Waals surface area (Å²) < 4.78 is 1.58. The van der Waals surface area contributed by atoms with Gasteiger partial charge < -0.3 is 20.4 Å². The molecule has 1 aliphatic heterocycles. The summed E-state index contributed by atoms with van der Waals surface area (Å²) in [5, 5.41) is 6.53. The molecule has 39 heavy (non-hydrogen) atoms. The molecule has 3 heterocycles. The molecule has 9 heteroatoms. The second-order valence-electron chi connectivity index (χ2n) is 10.2. The number of nitrogens with zero attached hydrogens (tertiary/aromatic N) is 5. The molecular formula is C30H35N7O2. The number of amides is 2. The van der Waals surface area contributed by atoms with E-state index in [-0.39, 0.29) is 11.9 Å². The molecule has 0 bridgehead atoms. The van der Waals surface area contributed by atoms with Crippen molar-refractivity contribution in [1.29, 1.82) is 0 Å². The van der Waals surface area contributed by atoms with Crippen LogP contribution in [0, 0.1) is 0 Å². The van der Waals surface area contributed by atoms with Crippen molar-refractivity contribution in [3.63, 3.8) is 0 Å². The third-order valence-corrected chi connectivity index (χ3v) is 7.72. The Labute approximate surface area is 229 Å². The van der Waals surface area contributed by atoms with Gasteiger partial charge in [0.25, 0.3) is 5.91 Å². The Balaban J connectivity index is 1.28. The number of carbonyl (C=O) groups excluding carboxylic acids is 2. The molecule has 2 aromatic heterocycles. The minimum atomic E-state index is -0.203. The van der Waals surface area contributed by atoms with Crippen LogP contribution >= 0.6 is 0 Å². The molecule has 0 saturated carbocycles. The fourth-order valence-corrected chi connectivity index (χ4v) is 5.11. The van der Waals surface area contributed by atoms with Crippen LogP contribution in [-0.2, 0) is 0 Å². The normalized spacial score (nSPS) is 17.7. The third kappa shape index (κ3) is 5.31. The van der Waals surface area contributed by atoms with Gasteiger partial charge in [-0.25, -0.2) is 9.78 Å². The number of rotatable bonds is 5. The van der Waals surface area contributed by atoms with Gasteiger partial charge in [-0.15, -0.1) is 0 Å². The predicted octanol–water partition coefficient (Wildman–Crippen LogP) is 4.77. The first-order chi connectivity index (χ1) is 18.7. The van der Waals surface area contributed by atoms with Gasteiger partial charge in [-0.2, -0.15) is 0 Å². The first-order valence-corrected chi connectivity index (χ1v) is 13.2. The molecule has 2 atom stereocenters. The van der Waals surface area contributed by atoms with Crippen LogP contribution in [0.25, 0.3) is 10.9 Å². The van der Waals surface area contributed by atoms with Gasteiger partial charge in [0.2, 0.25) is 0 Å². The molecule has 0 spiro atoms. The maximum absolute atomic E-state index is 13.0. The summed E-state index contributed by atoms with van der Waals surface area (Å²) in [6.07, 6.45) is 3.44. The van der Waals surface area contributed by atoms with Crippen LogP contribution in [0.1, 0.15) is 24.2 Å². The number of nitrogens with one attached hydrogen (secondary N) is 2. The van der Waals surface area contributed by atoms with E-state index in [1.54, 1.807) is 24.0 Å². The van der Waals surface area contributed by atoms with E-state index in [2.05, 4.69) is 46.3 Å². The van der Waals surface area contributed by atoms with Crippen molar-refractivity contribution < 1.29 is 9.59 Å². The zero-order chi connectivity index (χ0) is 27.7. The summed E-state index contributed by atoms with van der Waals surface area (Å²) in [6.45, 7) is 6.41. The number of piperazine rings is 1. The summed E-state index contributed by atoms with van der Waals surface area (Å²) in [5.41, 5.74) is 4.36. The van der Waals surface area contributed by atoms with Gasteiger partial charge in [-0.1, -0.05) is 0 Å². The number of hydrogen-bond donors (Lipinski definition) is 2. The number of benzene rings is 2. The zero-order valence-corrected chi connectivity index (χ0v) is 23.0. The van der Waals surface area contributed by atoms with E-state index in [1.807, 2.05) is 72.6 Å². The molecule has 0 radical (unpaired) electrons. The predicted molar refractivity (Wildman–Crippen MR) is 157 cm³/mol. The molecular weight excluding hydrogens is 490 g/mol. The molecule has 2 amide bonds. The summed E-state index contributed by atoms with van der Waals surface area (Å²) in [7, 11) is 5.74. The smallest absolute Gasteiger partial charge is 0.325 e. The number of carbonyl (C=O) groups is 2.